The van der Waals surface area contributed by atoms with Crippen LogP contribution in [0.1, 0.15) is 50.7 Å². The molecule has 0 spiro atoms. The molecule has 4 nitrogen and oxygen atoms in total. The Morgan fingerprint density at radius 2 is 1.41 bits per heavy atom. The van der Waals surface area contributed by atoms with Gasteiger partial charge >= 0.3 is 0 Å². The van der Waals surface area contributed by atoms with E-state index in [9.17, 15) is 5.11 Å². The quantitative estimate of drug-likeness (QED) is 0.175. The van der Waals surface area contributed by atoms with Gasteiger partial charge in [-0.3, -0.25) is 9.55 Å². The average molecular weight is 718 g/mol. The van der Waals surface area contributed by atoms with E-state index in [1.165, 1.54) is 11.1 Å². The van der Waals surface area contributed by atoms with Crippen LogP contribution in [0.25, 0.3) is 50.5 Å². The summed E-state index contributed by atoms with van der Waals surface area (Å²) in [5.41, 5.74) is 7.59. The van der Waals surface area contributed by atoms with E-state index in [0.29, 0.717) is 23.2 Å². The minimum Gasteiger partial charge on any atom is -0.507 e. The Hall–Kier alpha value is -4.01. The summed E-state index contributed by atoms with van der Waals surface area (Å²) in [6, 6.07) is 35.6. The molecule has 0 bridgehead atoms. The molecule has 0 atom stereocenters. The molecule has 0 unspecified atom stereocenters. The van der Waals surface area contributed by atoms with Gasteiger partial charge in [0.25, 0.3) is 0 Å². The van der Waals surface area contributed by atoms with Crippen molar-refractivity contribution in [1.82, 2.24) is 14.5 Å². The number of aromatic hydroxyl groups is 1. The Kier molecular flexibility index (Phi) is 8.24. The number of hydrogen-bond donors (Lipinski definition) is 1. The van der Waals surface area contributed by atoms with E-state index in [2.05, 4.69) is 80.9 Å². The van der Waals surface area contributed by atoms with Crippen LogP contribution in [0.5, 0.6) is 5.75 Å². The van der Waals surface area contributed by atoms with Crippen LogP contribution in [0.15, 0.2) is 103 Å². The number of benzene rings is 4. The molecule has 0 radical (unpaired) electrons. The Bertz CT molecular complexity index is 1800. The van der Waals surface area contributed by atoms with Gasteiger partial charge in [0, 0.05) is 32.6 Å². The first-order valence-electron chi connectivity index (χ1n) is 13.8. The second kappa shape index (κ2) is 11.8. The maximum atomic E-state index is 11.0. The molecule has 6 aromatic rings. The molecule has 1 N–H and O–H groups in total. The summed E-state index contributed by atoms with van der Waals surface area (Å²) in [7, 11) is 0. The van der Waals surface area contributed by atoms with Crippen molar-refractivity contribution < 1.29 is 26.2 Å². The average Bonchev–Trinajstić information content (AvgIpc) is 3.41. The van der Waals surface area contributed by atoms with Gasteiger partial charge in [-0.25, -0.2) is 4.98 Å². The summed E-state index contributed by atoms with van der Waals surface area (Å²) in [6.07, 6.45) is 2.09. The van der Waals surface area contributed by atoms with Gasteiger partial charge in [-0.1, -0.05) is 88.4 Å². The fourth-order valence-corrected chi connectivity index (χ4v) is 5.39. The molecule has 0 aliphatic carbocycles. The van der Waals surface area contributed by atoms with Gasteiger partial charge in [-0.2, -0.15) is 0 Å². The van der Waals surface area contributed by atoms with Crippen LogP contribution in [-0.2, 0) is 21.1 Å². The predicted octanol–water partition coefficient (Wildman–Crippen LogP) is 9.17. The second-order valence-corrected chi connectivity index (χ2v) is 10.8. The second-order valence-electron chi connectivity index (χ2n) is 10.8. The Labute approximate surface area is 256 Å². The third-order valence-electron chi connectivity index (χ3n) is 7.40. The number of rotatable bonds is 6. The maximum Gasteiger partial charge on any atom is 0.149 e. The largest absolute Gasteiger partial charge is 0.507 e. The van der Waals surface area contributed by atoms with E-state index in [1.54, 1.807) is 6.07 Å². The fraction of sp³-hybridized carbons (Fsp3) is 0.167. The van der Waals surface area contributed by atoms with Gasteiger partial charge in [0.2, 0.25) is 0 Å². The summed E-state index contributed by atoms with van der Waals surface area (Å²) in [4.78, 5) is 10.4. The number of aromatic nitrogens is 3. The molecule has 0 aliphatic rings. The van der Waals surface area contributed by atoms with Crippen LogP contribution in [0.2, 0.25) is 0 Å². The van der Waals surface area contributed by atoms with Crippen molar-refractivity contribution in [1.29, 1.82) is 0 Å². The number of imidazole rings is 1. The van der Waals surface area contributed by atoms with Crippen molar-refractivity contribution in [2.24, 2.45) is 0 Å². The van der Waals surface area contributed by atoms with Crippen LogP contribution < -0.4 is 0 Å². The summed E-state index contributed by atoms with van der Waals surface area (Å²) >= 11 is 0. The van der Waals surface area contributed by atoms with Crippen LogP contribution in [0.3, 0.4) is 0 Å². The van der Waals surface area contributed by atoms with E-state index < -0.39 is 0 Å². The molecule has 0 saturated carbocycles. The van der Waals surface area contributed by atoms with E-state index in [0.717, 1.165) is 39.1 Å². The molecule has 41 heavy (non-hydrogen) atoms. The van der Waals surface area contributed by atoms with Crippen molar-refractivity contribution >= 4 is 10.8 Å². The first-order valence-corrected chi connectivity index (χ1v) is 13.8. The molecule has 2 aromatic heterocycles. The Morgan fingerprint density at radius 3 is 2.10 bits per heavy atom. The summed E-state index contributed by atoms with van der Waals surface area (Å²) < 4.78 is 2.16. The number of para-hydroxylation sites is 2. The van der Waals surface area contributed by atoms with E-state index in [4.69, 9.17) is 9.97 Å². The third kappa shape index (κ3) is 5.37. The number of hydrogen-bond acceptors (Lipinski definition) is 3. The summed E-state index contributed by atoms with van der Waals surface area (Å²) in [6.45, 7) is 8.87. The SMILES string of the molecule is CC(C)c1cccc(C(C)C)c1-n1cc(-c2nc(-c3[c-]cccc3)cc3ccccc23)nc1-c1ccccc1O.[Pt]. The fourth-order valence-electron chi connectivity index (χ4n) is 5.39. The molecular weight excluding hydrogens is 685 g/mol. The van der Waals surface area contributed by atoms with Gasteiger partial charge in [-0.15, -0.1) is 35.9 Å². The third-order valence-corrected chi connectivity index (χ3v) is 7.40. The monoisotopic (exact) mass is 717 g/mol. The minimum absolute atomic E-state index is 0. The van der Waals surface area contributed by atoms with Gasteiger partial charge in [-0.05, 0) is 46.2 Å². The van der Waals surface area contributed by atoms with Crippen molar-refractivity contribution in [3.05, 3.63) is 120 Å². The standard InChI is InChI=1S/C36H32N3O.Pt/c1-23(2)27-18-12-19-28(24(3)4)35(27)39-22-32(38-36(39)30-17-10-11-20-33(30)40)34-29-16-9-8-15-26(29)21-31(37-34)25-13-6-5-7-14-25;/h5-13,15-24,40H,1-4H3;/q-1;. The van der Waals surface area contributed by atoms with Gasteiger partial charge in [0.15, 0.2) is 0 Å². The molecule has 208 valence electrons. The normalized spacial score (nSPS) is 11.3. The Morgan fingerprint density at radius 1 is 0.732 bits per heavy atom. The molecule has 0 saturated heterocycles. The number of pyridine rings is 1. The minimum atomic E-state index is 0. The maximum absolute atomic E-state index is 11.0. The molecule has 6 rings (SSSR count). The van der Waals surface area contributed by atoms with Gasteiger partial charge in [0.05, 0.1) is 16.9 Å². The molecule has 0 fully saturated rings. The molecule has 5 heteroatoms. The van der Waals surface area contributed by atoms with Crippen molar-refractivity contribution in [3.63, 3.8) is 0 Å². The first-order chi connectivity index (χ1) is 19.4. The van der Waals surface area contributed by atoms with Crippen LogP contribution in [0, 0.1) is 6.07 Å². The number of phenolic OH excluding ortho intramolecular Hbond substituents is 1. The summed E-state index contributed by atoms with van der Waals surface area (Å²) in [5.74, 6) is 1.48. The van der Waals surface area contributed by atoms with Crippen LogP contribution in [0.4, 0.5) is 0 Å². The number of nitrogens with zero attached hydrogens (tertiary/aromatic N) is 3. The zero-order chi connectivity index (χ0) is 27.8. The van der Waals surface area contributed by atoms with Crippen LogP contribution in [-0.4, -0.2) is 19.6 Å². The van der Waals surface area contributed by atoms with Crippen molar-refractivity contribution in [3.8, 4) is 45.5 Å². The smallest absolute Gasteiger partial charge is 0.149 e. The zero-order valence-electron chi connectivity index (χ0n) is 23.6. The van der Waals surface area contributed by atoms with E-state index in [1.807, 2.05) is 54.6 Å². The van der Waals surface area contributed by atoms with Crippen LogP contribution >= 0.6 is 0 Å². The Balaban J connectivity index is 0.00000337. The molecule has 0 amide bonds. The van der Waals surface area contributed by atoms with Gasteiger partial charge < -0.3 is 5.11 Å². The van der Waals surface area contributed by atoms with Gasteiger partial charge in [0.1, 0.15) is 17.3 Å². The predicted molar refractivity (Wildman–Crippen MR) is 164 cm³/mol. The number of phenols is 1. The number of fused-ring (bicyclic) bond motifs is 1. The summed E-state index contributed by atoms with van der Waals surface area (Å²) in [5, 5.41) is 13.1. The van der Waals surface area contributed by atoms with Crippen molar-refractivity contribution in [2.45, 2.75) is 39.5 Å². The molecule has 0 aliphatic heterocycles. The molecular formula is C36H32N3OPt-. The zero-order valence-corrected chi connectivity index (χ0v) is 25.8. The van der Waals surface area contributed by atoms with E-state index in [-0.39, 0.29) is 26.8 Å². The molecule has 2 heterocycles. The van der Waals surface area contributed by atoms with Crippen molar-refractivity contribution in [2.75, 3.05) is 0 Å². The molecule has 4 aromatic carbocycles. The topological polar surface area (TPSA) is 50.9 Å². The van der Waals surface area contributed by atoms with E-state index >= 15 is 0 Å². The first kappa shape index (κ1) is 28.5.